The molecule has 0 saturated carbocycles. The van der Waals surface area contributed by atoms with Gasteiger partial charge in [-0.3, -0.25) is 4.90 Å². The number of hydrogen-bond acceptors (Lipinski definition) is 4. The number of nitrogens with zero attached hydrogens (tertiary/aromatic N) is 1. The lowest BCUT2D eigenvalue weighted by Crippen LogP contribution is -2.38. The molecule has 0 aliphatic rings. The summed E-state index contributed by atoms with van der Waals surface area (Å²) >= 11 is 0. The Morgan fingerprint density at radius 1 is 1.28 bits per heavy atom. The van der Waals surface area contributed by atoms with E-state index in [1.165, 1.54) is 19.8 Å². The third-order valence-electron chi connectivity index (χ3n) is 2.87. The summed E-state index contributed by atoms with van der Waals surface area (Å²) in [5.41, 5.74) is 1.22. The van der Waals surface area contributed by atoms with Crippen molar-refractivity contribution in [1.29, 1.82) is 0 Å². The maximum atomic E-state index is 11.5. The molecule has 4 heteroatoms. The molecule has 18 heavy (non-hydrogen) atoms. The van der Waals surface area contributed by atoms with Gasteiger partial charge in [0, 0.05) is 20.2 Å². The number of ether oxygens (including phenoxy) is 2. The Bertz CT molecular complexity index is 353. The normalized spacial score (nSPS) is 12.4. The molecule has 0 aliphatic carbocycles. The van der Waals surface area contributed by atoms with E-state index in [2.05, 4.69) is 24.0 Å². The molecule has 0 spiro atoms. The molecule has 0 amide bonds. The minimum Gasteiger partial charge on any atom is -0.467 e. The lowest BCUT2D eigenvalue weighted by Gasteiger charge is -2.24. The smallest absolute Gasteiger partial charge is 0.336 e. The Morgan fingerprint density at radius 2 is 1.94 bits per heavy atom. The van der Waals surface area contributed by atoms with Gasteiger partial charge < -0.3 is 9.47 Å². The standard InChI is InChI=1S/C14H21NO3/c1-4-15(10-12-8-6-5-7-9-12)11-13(17-2)14(16)18-3/h5-9,13H,4,10-11H2,1-3H3. The average molecular weight is 251 g/mol. The highest BCUT2D eigenvalue weighted by molar-refractivity contribution is 5.74. The molecule has 0 fully saturated rings. The van der Waals surface area contributed by atoms with Gasteiger partial charge in [-0.25, -0.2) is 4.79 Å². The van der Waals surface area contributed by atoms with Crippen LogP contribution in [0.3, 0.4) is 0 Å². The van der Waals surface area contributed by atoms with Crippen molar-refractivity contribution in [3.05, 3.63) is 35.9 Å². The molecule has 0 bridgehead atoms. The van der Waals surface area contributed by atoms with Gasteiger partial charge in [0.05, 0.1) is 7.11 Å². The van der Waals surface area contributed by atoms with Gasteiger partial charge in [0.1, 0.15) is 0 Å². The maximum absolute atomic E-state index is 11.5. The van der Waals surface area contributed by atoms with Crippen LogP contribution in [0.4, 0.5) is 0 Å². The van der Waals surface area contributed by atoms with Crippen molar-refractivity contribution in [1.82, 2.24) is 4.90 Å². The first kappa shape index (κ1) is 14.7. The predicted octanol–water partition coefficient (Wildman–Crippen LogP) is 1.70. The second-order valence-corrected chi connectivity index (χ2v) is 4.06. The Morgan fingerprint density at radius 3 is 2.44 bits per heavy atom. The monoisotopic (exact) mass is 251 g/mol. The number of rotatable bonds is 7. The van der Waals surface area contributed by atoms with Crippen LogP contribution < -0.4 is 0 Å². The zero-order valence-electron chi connectivity index (χ0n) is 11.3. The van der Waals surface area contributed by atoms with E-state index in [4.69, 9.17) is 9.47 Å². The van der Waals surface area contributed by atoms with E-state index in [-0.39, 0.29) is 5.97 Å². The summed E-state index contributed by atoms with van der Waals surface area (Å²) in [6, 6.07) is 10.2. The zero-order chi connectivity index (χ0) is 13.4. The number of carbonyl (C=O) groups excluding carboxylic acids is 1. The zero-order valence-corrected chi connectivity index (χ0v) is 11.3. The third-order valence-corrected chi connectivity index (χ3v) is 2.87. The van der Waals surface area contributed by atoms with Crippen molar-refractivity contribution in [2.24, 2.45) is 0 Å². The molecule has 100 valence electrons. The molecule has 0 N–H and O–H groups in total. The molecule has 0 aromatic heterocycles. The first-order valence-corrected chi connectivity index (χ1v) is 6.08. The molecule has 1 aromatic carbocycles. The van der Waals surface area contributed by atoms with E-state index in [9.17, 15) is 4.79 Å². The topological polar surface area (TPSA) is 38.8 Å². The van der Waals surface area contributed by atoms with Crippen LogP contribution >= 0.6 is 0 Å². The minimum atomic E-state index is -0.529. The number of carbonyl (C=O) groups is 1. The van der Waals surface area contributed by atoms with Gasteiger partial charge in [-0.05, 0) is 12.1 Å². The summed E-state index contributed by atoms with van der Waals surface area (Å²) < 4.78 is 9.87. The van der Waals surface area contributed by atoms with Gasteiger partial charge in [-0.2, -0.15) is 0 Å². The molecule has 0 heterocycles. The van der Waals surface area contributed by atoms with E-state index < -0.39 is 6.10 Å². The first-order valence-electron chi connectivity index (χ1n) is 6.08. The molecule has 0 saturated heterocycles. The molecular formula is C14H21NO3. The fourth-order valence-electron chi connectivity index (χ4n) is 1.76. The summed E-state index contributed by atoms with van der Waals surface area (Å²) in [5, 5.41) is 0. The van der Waals surface area contributed by atoms with Gasteiger partial charge >= 0.3 is 5.97 Å². The summed E-state index contributed by atoms with van der Waals surface area (Å²) in [5.74, 6) is -0.330. The highest BCUT2D eigenvalue weighted by Crippen LogP contribution is 2.06. The summed E-state index contributed by atoms with van der Waals surface area (Å²) in [6.07, 6.45) is -0.529. The molecule has 1 rings (SSSR count). The SMILES string of the molecule is CCN(Cc1ccccc1)CC(OC)C(=O)OC. The van der Waals surface area contributed by atoms with E-state index >= 15 is 0 Å². The Balaban J connectivity index is 2.58. The van der Waals surface area contributed by atoms with Crippen LogP contribution in [0.2, 0.25) is 0 Å². The highest BCUT2D eigenvalue weighted by atomic mass is 16.6. The predicted molar refractivity (Wildman–Crippen MR) is 70.2 cm³/mol. The Hall–Kier alpha value is -1.39. The lowest BCUT2D eigenvalue weighted by molar-refractivity contribution is -0.153. The van der Waals surface area contributed by atoms with Crippen molar-refractivity contribution in [3.63, 3.8) is 0 Å². The number of hydrogen-bond donors (Lipinski definition) is 0. The summed E-state index contributed by atoms with van der Waals surface area (Å²) in [4.78, 5) is 13.6. The highest BCUT2D eigenvalue weighted by Gasteiger charge is 2.21. The van der Waals surface area contributed by atoms with Crippen LogP contribution in [0, 0.1) is 0 Å². The molecule has 0 aliphatic heterocycles. The largest absolute Gasteiger partial charge is 0.467 e. The van der Waals surface area contributed by atoms with E-state index in [1.54, 1.807) is 0 Å². The fraction of sp³-hybridized carbons (Fsp3) is 0.500. The third kappa shape index (κ3) is 4.47. The number of methoxy groups -OCH3 is 2. The lowest BCUT2D eigenvalue weighted by atomic mass is 10.2. The molecule has 1 unspecified atom stereocenters. The molecule has 4 nitrogen and oxygen atoms in total. The van der Waals surface area contributed by atoms with Gasteiger partial charge in [-0.1, -0.05) is 37.3 Å². The summed E-state index contributed by atoms with van der Waals surface area (Å²) in [7, 11) is 2.90. The number of likely N-dealkylation sites (N-methyl/N-ethyl adjacent to an activating group) is 1. The van der Waals surface area contributed by atoms with Crippen LogP contribution in [-0.2, 0) is 20.8 Å². The first-order chi connectivity index (χ1) is 8.71. The van der Waals surface area contributed by atoms with Crippen LogP contribution in [0.5, 0.6) is 0 Å². The number of benzene rings is 1. The van der Waals surface area contributed by atoms with Crippen molar-refractivity contribution < 1.29 is 14.3 Å². The minimum absolute atomic E-state index is 0.330. The second kappa shape index (κ2) is 7.84. The van der Waals surface area contributed by atoms with E-state index in [1.807, 2.05) is 18.2 Å². The van der Waals surface area contributed by atoms with Crippen LogP contribution in [-0.4, -0.2) is 44.3 Å². The van der Waals surface area contributed by atoms with Crippen molar-refractivity contribution >= 4 is 5.97 Å². The van der Waals surface area contributed by atoms with Crippen molar-refractivity contribution in [2.75, 3.05) is 27.3 Å². The van der Waals surface area contributed by atoms with Crippen LogP contribution in [0.15, 0.2) is 30.3 Å². The Labute approximate surface area is 108 Å². The molecule has 1 aromatic rings. The molecular weight excluding hydrogens is 230 g/mol. The van der Waals surface area contributed by atoms with Crippen molar-refractivity contribution in [3.8, 4) is 0 Å². The van der Waals surface area contributed by atoms with E-state index in [0.29, 0.717) is 6.54 Å². The quantitative estimate of drug-likeness (QED) is 0.691. The van der Waals surface area contributed by atoms with Gasteiger partial charge in [0.2, 0.25) is 0 Å². The van der Waals surface area contributed by atoms with Gasteiger partial charge in [0.25, 0.3) is 0 Å². The van der Waals surface area contributed by atoms with E-state index in [0.717, 1.165) is 13.1 Å². The average Bonchev–Trinajstić information content (AvgIpc) is 2.43. The molecule has 1 atom stereocenters. The van der Waals surface area contributed by atoms with Crippen LogP contribution in [0.1, 0.15) is 12.5 Å². The van der Waals surface area contributed by atoms with Gasteiger partial charge in [-0.15, -0.1) is 0 Å². The fourth-order valence-corrected chi connectivity index (χ4v) is 1.76. The van der Waals surface area contributed by atoms with Gasteiger partial charge in [0.15, 0.2) is 6.10 Å². The van der Waals surface area contributed by atoms with Crippen LogP contribution in [0.25, 0.3) is 0 Å². The second-order valence-electron chi connectivity index (χ2n) is 4.06. The Kier molecular flexibility index (Phi) is 6.39. The summed E-state index contributed by atoms with van der Waals surface area (Å²) in [6.45, 7) is 4.25. The van der Waals surface area contributed by atoms with Crippen molar-refractivity contribution in [2.45, 2.75) is 19.6 Å². The number of esters is 1. The molecule has 0 radical (unpaired) electrons. The maximum Gasteiger partial charge on any atom is 0.336 e.